The van der Waals surface area contributed by atoms with E-state index in [1.54, 1.807) is 24.3 Å². The maximum atomic E-state index is 12.5. The van der Waals surface area contributed by atoms with Gasteiger partial charge in [-0.25, -0.2) is 4.79 Å². The number of hydrogen-bond donors (Lipinski definition) is 3. The number of benzene rings is 1. The Kier molecular flexibility index (Phi) is 6.61. The number of nitrogens with two attached hydrogens (primary N) is 1. The maximum absolute atomic E-state index is 12.5. The predicted octanol–water partition coefficient (Wildman–Crippen LogP) is 5.08. The van der Waals surface area contributed by atoms with Crippen LogP contribution < -0.4 is 16.4 Å². The molecule has 1 aromatic heterocycles. The number of carbonyl (C=O) groups is 2. The van der Waals surface area contributed by atoms with Gasteiger partial charge in [-0.3, -0.25) is 15.0 Å². The van der Waals surface area contributed by atoms with E-state index in [-0.39, 0.29) is 0 Å². The Morgan fingerprint density at radius 1 is 1.13 bits per heavy atom. The van der Waals surface area contributed by atoms with Crippen molar-refractivity contribution in [3.8, 4) is 0 Å². The Morgan fingerprint density at radius 2 is 1.87 bits per heavy atom. The van der Waals surface area contributed by atoms with Gasteiger partial charge in [0.15, 0.2) is 0 Å². The van der Waals surface area contributed by atoms with Gasteiger partial charge in [0.25, 0.3) is 5.91 Å². The summed E-state index contributed by atoms with van der Waals surface area (Å²) in [5.74, 6) is 0.286. The number of amides is 3. The van der Waals surface area contributed by atoms with Crippen LogP contribution in [0.25, 0.3) is 0 Å². The third-order valence-corrected chi connectivity index (χ3v) is 7.34. The Hall–Kier alpha value is -2.09. The molecule has 2 aliphatic rings. The highest BCUT2D eigenvalue weighted by atomic mass is 35.5. The van der Waals surface area contributed by atoms with Crippen molar-refractivity contribution in [1.29, 1.82) is 0 Å². The fraction of sp³-hybridized carbons (Fsp3) is 0.455. The van der Waals surface area contributed by atoms with Crippen LogP contribution in [0.5, 0.6) is 0 Å². The van der Waals surface area contributed by atoms with Crippen LogP contribution in [0.1, 0.15) is 52.9 Å². The molecule has 8 heteroatoms. The van der Waals surface area contributed by atoms with Crippen molar-refractivity contribution in [3.63, 3.8) is 0 Å². The van der Waals surface area contributed by atoms with E-state index in [2.05, 4.69) is 15.5 Å². The smallest absolute Gasteiger partial charge is 0.324 e. The third kappa shape index (κ3) is 4.96. The molecule has 1 saturated carbocycles. The lowest BCUT2D eigenvalue weighted by molar-refractivity contribution is 0.0999. The van der Waals surface area contributed by atoms with Gasteiger partial charge >= 0.3 is 6.03 Å². The van der Waals surface area contributed by atoms with E-state index in [0.29, 0.717) is 21.3 Å². The Morgan fingerprint density at radius 3 is 2.57 bits per heavy atom. The van der Waals surface area contributed by atoms with Gasteiger partial charge in [0.05, 0.1) is 5.56 Å². The molecule has 160 valence electrons. The lowest BCUT2D eigenvalue weighted by Gasteiger charge is -2.32. The monoisotopic (exact) mass is 446 g/mol. The molecule has 0 unspecified atom stereocenters. The fourth-order valence-electron chi connectivity index (χ4n) is 4.49. The number of carbonyl (C=O) groups excluding carboxylic acids is 2. The molecule has 4 N–H and O–H groups in total. The molecular weight excluding hydrogens is 420 g/mol. The molecule has 30 heavy (non-hydrogen) atoms. The third-order valence-electron chi connectivity index (χ3n) is 5.95. The number of thiophene rings is 1. The fourth-order valence-corrected chi connectivity index (χ4v) is 5.91. The minimum Gasteiger partial charge on any atom is -0.365 e. The SMILES string of the molecule is NC(=O)c1c(NC(=O)Nc2ccc(Cl)cc2)sc2c1CCN(CC1CCCCC1)C2. The molecule has 3 amide bonds. The summed E-state index contributed by atoms with van der Waals surface area (Å²) in [7, 11) is 0. The molecule has 0 radical (unpaired) electrons. The van der Waals surface area contributed by atoms with Crippen molar-refractivity contribution >= 4 is 45.6 Å². The zero-order valence-electron chi connectivity index (χ0n) is 16.9. The van der Waals surface area contributed by atoms with Crippen LogP contribution >= 0.6 is 22.9 Å². The van der Waals surface area contributed by atoms with E-state index in [1.807, 2.05) is 0 Å². The zero-order chi connectivity index (χ0) is 21.1. The van der Waals surface area contributed by atoms with Gasteiger partial charge in [0.1, 0.15) is 5.00 Å². The number of rotatable bonds is 5. The molecule has 1 aliphatic heterocycles. The molecule has 1 aliphatic carbocycles. The maximum Gasteiger partial charge on any atom is 0.324 e. The first-order chi connectivity index (χ1) is 14.5. The van der Waals surface area contributed by atoms with Crippen molar-refractivity contribution in [2.75, 3.05) is 23.7 Å². The molecule has 6 nitrogen and oxygen atoms in total. The Bertz CT molecular complexity index is 922. The summed E-state index contributed by atoms with van der Waals surface area (Å²) in [6, 6.07) is 6.45. The number of halogens is 1. The number of hydrogen-bond acceptors (Lipinski definition) is 4. The first-order valence-corrected chi connectivity index (χ1v) is 11.7. The average molecular weight is 447 g/mol. The Labute approximate surface area is 185 Å². The summed E-state index contributed by atoms with van der Waals surface area (Å²) in [6.45, 7) is 2.86. The largest absolute Gasteiger partial charge is 0.365 e. The van der Waals surface area contributed by atoms with Crippen molar-refractivity contribution in [2.45, 2.75) is 45.1 Å². The van der Waals surface area contributed by atoms with Gasteiger partial charge in [0, 0.05) is 35.2 Å². The zero-order valence-corrected chi connectivity index (χ0v) is 18.5. The van der Waals surface area contributed by atoms with E-state index in [9.17, 15) is 9.59 Å². The Balaban J connectivity index is 1.45. The average Bonchev–Trinajstić information content (AvgIpc) is 3.07. The molecule has 0 saturated heterocycles. The quantitative estimate of drug-likeness (QED) is 0.598. The number of fused-ring (bicyclic) bond motifs is 1. The highest BCUT2D eigenvalue weighted by molar-refractivity contribution is 7.17. The molecule has 4 rings (SSSR count). The molecule has 2 aromatic rings. The van der Waals surface area contributed by atoms with Crippen LogP contribution in [-0.4, -0.2) is 29.9 Å². The summed E-state index contributed by atoms with van der Waals surface area (Å²) in [5, 5.41) is 6.71. The second-order valence-corrected chi connectivity index (χ2v) is 9.69. The lowest BCUT2D eigenvalue weighted by Crippen LogP contribution is -2.35. The van der Waals surface area contributed by atoms with Crippen LogP contribution in [0.3, 0.4) is 0 Å². The normalized spacial score (nSPS) is 17.4. The first-order valence-electron chi connectivity index (χ1n) is 10.5. The molecule has 0 spiro atoms. The molecular formula is C22H27ClN4O2S. The van der Waals surface area contributed by atoms with Crippen molar-refractivity contribution < 1.29 is 9.59 Å². The van der Waals surface area contributed by atoms with Gasteiger partial charge in [-0.1, -0.05) is 30.9 Å². The van der Waals surface area contributed by atoms with E-state index in [0.717, 1.165) is 42.4 Å². The summed E-state index contributed by atoms with van der Waals surface area (Å²) < 4.78 is 0. The second kappa shape index (κ2) is 9.37. The van der Waals surface area contributed by atoms with Gasteiger partial charge < -0.3 is 11.1 Å². The highest BCUT2D eigenvalue weighted by Gasteiger charge is 2.29. The molecule has 2 heterocycles. The van der Waals surface area contributed by atoms with E-state index in [4.69, 9.17) is 17.3 Å². The van der Waals surface area contributed by atoms with Gasteiger partial charge in [0.2, 0.25) is 0 Å². The van der Waals surface area contributed by atoms with Crippen LogP contribution in [-0.2, 0) is 13.0 Å². The van der Waals surface area contributed by atoms with Gasteiger partial charge in [-0.2, -0.15) is 0 Å². The lowest BCUT2D eigenvalue weighted by atomic mass is 9.88. The van der Waals surface area contributed by atoms with E-state index >= 15 is 0 Å². The standard InChI is InChI=1S/C22H27ClN4O2S/c23-15-6-8-16(9-7-15)25-22(29)26-21-19(20(24)28)17-10-11-27(13-18(17)30-21)12-14-4-2-1-3-5-14/h6-9,14H,1-5,10-13H2,(H2,24,28)(H2,25,26,29). The highest BCUT2D eigenvalue weighted by Crippen LogP contribution is 2.37. The van der Waals surface area contributed by atoms with Crippen LogP contribution in [0, 0.1) is 5.92 Å². The van der Waals surface area contributed by atoms with Crippen LogP contribution in [0.4, 0.5) is 15.5 Å². The number of primary amides is 1. The minimum absolute atomic E-state index is 0.405. The molecule has 0 atom stereocenters. The van der Waals surface area contributed by atoms with Crippen molar-refractivity contribution in [3.05, 3.63) is 45.3 Å². The second-order valence-electron chi connectivity index (χ2n) is 8.15. The number of urea groups is 1. The van der Waals surface area contributed by atoms with Gasteiger partial charge in [-0.05, 0) is 55.0 Å². The number of nitrogens with zero attached hydrogens (tertiary/aromatic N) is 1. The molecule has 1 aromatic carbocycles. The van der Waals surface area contributed by atoms with Crippen molar-refractivity contribution in [2.24, 2.45) is 11.7 Å². The van der Waals surface area contributed by atoms with E-state index in [1.165, 1.54) is 43.4 Å². The molecule has 0 bridgehead atoms. The number of nitrogens with one attached hydrogen (secondary N) is 2. The van der Waals surface area contributed by atoms with Crippen LogP contribution in [0.2, 0.25) is 5.02 Å². The van der Waals surface area contributed by atoms with Gasteiger partial charge in [-0.15, -0.1) is 11.3 Å². The van der Waals surface area contributed by atoms with Crippen LogP contribution in [0.15, 0.2) is 24.3 Å². The predicted molar refractivity (Wildman–Crippen MR) is 122 cm³/mol. The van der Waals surface area contributed by atoms with Crippen molar-refractivity contribution in [1.82, 2.24) is 4.90 Å². The van der Waals surface area contributed by atoms with E-state index < -0.39 is 11.9 Å². The topological polar surface area (TPSA) is 87.5 Å². The summed E-state index contributed by atoms with van der Waals surface area (Å²) in [6.07, 6.45) is 7.46. The molecule has 1 fully saturated rings. The summed E-state index contributed by atoms with van der Waals surface area (Å²) in [5.41, 5.74) is 7.75. The minimum atomic E-state index is -0.491. The summed E-state index contributed by atoms with van der Waals surface area (Å²) >= 11 is 7.34. The summed E-state index contributed by atoms with van der Waals surface area (Å²) in [4.78, 5) is 28.2. The first kappa shape index (κ1) is 21.2. The number of anilines is 2.